The van der Waals surface area contributed by atoms with Crippen molar-refractivity contribution in [3.63, 3.8) is 0 Å². The molecule has 150 valence electrons. The van der Waals surface area contributed by atoms with Gasteiger partial charge >= 0.3 is 6.03 Å². The van der Waals surface area contributed by atoms with Crippen molar-refractivity contribution in [1.82, 2.24) is 20.5 Å². The molecular formula is C20H20N4O5. The molecule has 1 saturated heterocycles. The van der Waals surface area contributed by atoms with Gasteiger partial charge in [-0.1, -0.05) is 12.1 Å². The molecule has 2 aromatic rings. The Bertz CT molecular complexity index is 1060. The molecule has 0 spiro atoms. The van der Waals surface area contributed by atoms with Crippen molar-refractivity contribution < 1.29 is 19.1 Å². The minimum atomic E-state index is -1.30. The van der Waals surface area contributed by atoms with Crippen LogP contribution in [0.3, 0.4) is 0 Å². The molecule has 0 unspecified atom stereocenters. The van der Waals surface area contributed by atoms with Gasteiger partial charge in [-0.2, -0.15) is 0 Å². The van der Waals surface area contributed by atoms with E-state index in [1.807, 2.05) is 6.07 Å². The fourth-order valence-electron chi connectivity index (χ4n) is 3.82. The van der Waals surface area contributed by atoms with Crippen molar-refractivity contribution in [2.24, 2.45) is 0 Å². The van der Waals surface area contributed by atoms with Crippen molar-refractivity contribution in [1.29, 1.82) is 0 Å². The summed E-state index contributed by atoms with van der Waals surface area (Å²) in [5.41, 5.74) is 0.297. The number of imide groups is 1. The SMILES string of the molecule is COc1ccc2c(c1)C(=O)N(C[C@@]1(CCc3ccc[nH]c3=O)NC(=O)NC1=O)C2. The molecule has 9 heteroatoms. The highest BCUT2D eigenvalue weighted by atomic mass is 16.5. The molecule has 2 aliphatic heterocycles. The van der Waals surface area contributed by atoms with Gasteiger partial charge in [0, 0.05) is 23.9 Å². The number of carbonyl (C=O) groups is 3. The maximum absolute atomic E-state index is 12.9. The highest BCUT2D eigenvalue weighted by molar-refractivity contribution is 6.08. The first-order valence-corrected chi connectivity index (χ1v) is 9.18. The van der Waals surface area contributed by atoms with Crippen molar-refractivity contribution >= 4 is 17.8 Å². The Morgan fingerprint density at radius 1 is 1.17 bits per heavy atom. The third kappa shape index (κ3) is 3.35. The number of aryl methyl sites for hydroxylation is 1. The largest absolute Gasteiger partial charge is 0.497 e. The van der Waals surface area contributed by atoms with Crippen LogP contribution in [0.15, 0.2) is 41.3 Å². The highest BCUT2D eigenvalue weighted by Crippen LogP contribution is 2.29. The molecule has 0 bridgehead atoms. The van der Waals surface area contributed by atoms with E-state index in [0.29, 0.717) is 23.4 Å². The monoisotopic (exact) mass is 396 g/mol. The van der Waals surface area contributed by atoms with E-state index in [1.165, 1.54) is 18.2 Å². The summed E-state index contributed by atoms with van der Waals surface area (Å²) in [5.74, 6) is -0.162. The van der Waals surface area contributed by atoms with Gasteiger partial charge in [-0.05, 0) is 36.6 Å². The molecule has 0 aliphatic carbocycles. The van der Waals surface area contributed by atoms with Crippen LogP contribution >= 0.6 is 0 Å². The predicted octanol–water partition coefficient (Wildman–Crippen LogP) is 0.550. The molecule has 1 fully saturated rings. The predicted molar refractivity (Wildman–Crippen MR) is 103 cm³/mol. The number of pyridine rings is 1. The summed E-state index contributed by atoms with van der Waals surface area (Å²) in [6.07, 6.45) is 1.98. The van der Waals surface area contributed by atoms with E-state index >= 15 is 0 Å². The zero-order valence-electron chi connectivity index (χ0n) is 15.8. The molecule has 1 aromatic carbocycles. The fourth-order valence-corrected chi connectivity index (χ4v) is 3.82. The average molecular weight is 396 g/mol. The van der Waals surface area contributed by atoms with Crippen molar-refractivity contribution in [2.75, 3.05) is 13.7 Å². The molecule has 29 heavy (non-hydrogen) atoms. The molecule has 9 nitrogen and oxygen atoms in total. The third-order valence-electron chi connectivity index (χ3n) is 5.39. The van der Waals surface area contributed by atoms with Crippen LogP contribution in [-0.2, 0) is 17.8 Å². The number of H-pyrrole nitrogens is 1. The van der Waals surface area contributed by atoms with Crippen molar-refractivity contribution in [3.05, 3.63) is 63.6 Å². The molecule has 2 aliphatic rings. The number of nitrogens with one attached hydrogen (secondary N) is 3. The first kappa shape index (κ1) is 18.7. The smallest absolute Gasteiger partial charge is 0.322 e. The summed E-state index contributed by atoms with van der Waals surface area (Å²) in [7, 11) is 1.53. The van der Waals surface area contributed by atoms with Crippen molar-refractivity contribution in [2.45, 2.75) is 24.9 Å². The lowest BCUT2D eigenvalue weighted by molar-refractivity contribution is -0.124. The first-order chi connectivity index (χ1) is 13.9. The van der Waals surface area contributed by atoms with E-state index in [-0.39, 0.29) is 30.9 Å². The first-order valence-electron chi connectivity index (χ1n) is 9.18. The second kappa shape index (κ2) is 7.08. The summed E-state index contributed by atoms with van der Waals surface area (Å²) in [6, 6.07) is 8.02. The molecule has 1 atom stereocenters. The van der Waals surface area contributed by atoms with E-state index < -0.39 is 17.5 Å². The van der Waals surface area contributed by atoms with E-state index in [2.05, 4.69) is 15.6 Å². The van der Waals surface area contributed by atoms with Gasteiger partial charge in [-0.3, -0.25) is 19.7 Å². The number of nitrogens with zero attached hydrogens (tertiary/aromatic N) is 1. The lowest BCUT2D eigenvalue weighted by atomic mass is 9.91. The molecule has 0 radical (unpaired) electrons. The van der Waals surface area contributed by atoms with Crippen LogP contribution in [0.2, 0.25) is 0 Å². The van der Waals surface area contributed by atoms with E-state index in [0.717, 1.165) is 5.56 Å². The number of hydrogen-bond acceptors (Lipinski definition) is 5. The zero-order chi connectivity index (χ0) is 20.6. The lowest BCUT2D eigenvalue weighted by Crippen LogP contribution is -2.55. The van der Waals surface area contributed by atoms with Crippen LogP contribution in [0, 0.1) is 0 Å². The number of ether oxygens (including phenoxy) is 1. The van der Waals surface area contributed by atoms with Gasteiger partial charge in [0.1, 0.15) is 11.3 Å². The Balaban J connectivity index is 1.58. The number of fused-ring (bicyclic) bond motifs is 1. The van der Waals surface area contributed by atoms with Gasteiger partial charge in [0.25, 0.3) is 17.4 Å². The molecule has 4 amide bonds. The molecule has 1 aromatic heterocycles. The van der Waals surface area contributed by atoms with Gasteiger partial charge in [-0.25, -0.2) is 4.79 Å². The van der Waals surface area contributed by atoms with Crippen LogP contribution < -0.4 is 20.9 Å². The molecule has 4 rings (SSSR count). The van der Waals surface area contributed by atoms with Crippen LogP contribution in [0.4, 0.5) is 4.79 Å². The van der Waals surface area contributed by atoms with E-state index in [1.54, 1.807) is 24.3 Å². The summed E-state index contributed by atoms with van der Waals surface area (Å²) < 4.78 is 5.18. The minimum Gasteiger partial charge on any atom is -0.497 e. The number of aromatic amines is 1. The number of aromatic nitrogens is 1. The van der Waals surface area contributed by atoms with Crippen LogP contribution in [0.25, 0.3) is 0 Å². The standard InChI is InChI=1S/C20H20N4O5/c1-29-14-5-4-13-10-24(17(26)15(13)9-14)11-20(18(27)22-19(28)23-20)7-6-12-3-2-8-21-16(12)25/h2-5,8-9H,6-7,10-11H2,1H3,(H,21,25)(H2,22,23,27,28)/t20-/m1/s1. The number of benzene rings is 1. The normalized spacial score (nSPS) is 20.4. The topological polar surface area (TPSA) is 121 Å². The minimum absolute atomic E-state index is 0.00510. The van der Waals surface area contributed by atoms with Crippen LogP contribution in [0.1, 0.15) is 27.9 Å². The average Bonchev–Trinajstić information content (AvgIpc) is 3.16. The zero-order valence-corrected chi connectivity index (χ0v) is 15.8. The molecule has 3 heterocycles. The quantitative estimate of drug-likeness (QED) is 0.616. The fraction of sp³-hybridized carbons (Fsp3) is 0.300. The highest BCUT2D eigenvalue weighted by Gasteiger charge is 2.48. The Hall–Kier alpha value is -3.62. The van der Waals surface area contributed by atoms with Gasteiger partial charge in [0.2, 0.25) is 0 Å². The van der Waals surface area contributed by atoms with E-state index in [9.17, 15) is 19.2 Å². The molecule has 3 N–H and O–H groups in total. The van der Waals surface area contributed by atoms with Gasteiger partial charge < -0.3 is 19.9 Å². The number of urea groups is 1. The second-order valence-corrected chi connectivity index (χ2v) is 7.20. The molecule has 0 saturated carbocycles. The van der Waals surface area contributed by atoms with Gasteiger partial charge in [0.15, 0.2) is 0 Å². The number of hydrogen-bond donors (Lipinski definition) is 3. The maximum Gasteiger partial charge on any atom is 0.322 e. The second-order valence-electron chi connectivity index (χ2n) is 7.20. The number of rotatable bonds is 6. The summed E-state index contributed by atoms with van der Waals surface area (Å²) in [4.78, 5) is 53.5. The number of methoxy groups -OCH3 is 1. The van der Waals surface area contributed by atoms with Crippen LogP contribution in [-0.4, -0.2) is 46.9 Å². The number of amides is 4. The summed E-state index contributed by atoms with van der Waals surface area (Å²) in [5, 5.41) is 4.93. The number of carbonyl (C=O) groups excluding carboxylic acids is 3. The summed E-state index contributed by atoms with van der Waals surface area (Å²) in [6.45, 7) is 0.333. The maximum atomic E-state index is 12.9. The Morgan fingerprint density at radius 3 is 2.69 bits per heavy atom. The molecular weight excluding hydrogens is 376 g/mol. The Morgan fingerprint density at radius 2 is 2.00 bits per heavy atom. The third-order valence-corrected chi connectivity index (χ3v) is 5.39. The van der Waals surface area contributed by atoms with Crippen LogP contribution in [0.5, 0.6) is 5.75 Å². The lowest BCUT2D eigenvalue weighted by Gasteiger charge is -2.30. The van der Waals surface area contributed by atoms with Gasteiger partial charge in [-0.15, -0.1) is 0 Å². The van der Waals surface area contributed by atoms with Crippen molar-refractivity contribution in [3.8, 4) is 5.75 Å². The Labute approximate surface area is 166 Å². The Kier molecular flexibility index (Phi) is 4.57. The van der Waals surface area contributed by atoms with E-state index in [4.69, 9.17) is 4.74 Å². The van der Waals surface area contributed by atoms with Gasteiger partial charge in [0.05, 0.1) is 13.7 Å². The summed E-state index contributed by atoms with van der Waals surface area (Å²) >= 11 is 0.